The lowest BCUT2D eigenvalue weighted by Crippen LogP contribution is -2.42. The second-order valence-electron chi connectivity index (χ2n) is 8.61. The minimum atomic E-state index is -0.211. The van der Waals surface area contributed by atoms with E-state index in [1.54, 1.807) is 4.90 Å². The molecule has 0 radical (unpaired) electrons. The summed E-state index contributed by atoms with van der Waals surface area (Å²) < 4.78 is 11.5. The van der Waals surface area contributed by atoms with Crippen molar-refractivity contribution in [2.45, 2.75) is 39.7 Å². The molecule has 170 valence electrons. The summed E-state index contributed by atoms with van der Waals surface area (Å²) in [5.41, 5.74) is 4.56. The number of aryl methyl sites for hydroxylation is 1. The molecule has 1 fully saturated rings. The molecule has 3 aromatic rings. The predicted molar refractivity (Wildman–Crippen MR) is 131 cm³/mol. The predicted octanol–water partition coefficient (Wildman–Crippen LogP) is 6.27. The van der Waals surface area contributed by atoms with Crippen molar-refractivity contribution in [2.75, 3.05) is 19.7 Å². The van der Waals surface area contributed by atoms with E-state index in [-0.39, 0.29) is 24.6 Å². The van der Waals surface area contributed by atoms with Crippen LogP contribution in [0.25, 0.3) is 22.0 Å². The standard InChI is InChI=1S/C26H30N2O3.ClH/c1-18(2)17-30-26(29)28-15-12-23(13-16-28)31-22-9-6-20(7-10-22)24-11-8-21-5-4-14-27-25(21)19(24)3;/h4-11,14,18,23H,12-13,15-17H2,1-3H3;1H. The quantitative estimate of drug-likeness (QED) is 0.456. The van der Waals surface area contributed by atoms with E-state index < -0.39 is 0 Å². The van der Waals surface area contributed by atoms with Gasteiger partial charge in [-0.25, -0.2) is 4.79 Å². The van der Waals surface area contributed by atoms with E-state index in [0.29, 0.717) is 25.6 Å². The zero-order chi connectivity index (χ0) is 21.8. The number of carbonyl (C=O) groups is 1. The van der Waals surface area contributed by atoms with Crippen LogP contribution in [0.4, 0.5) is 4.79 Å². The van der Waals surface area contributed by atoms with Gasteiger partial charge in [0.25, 0.3) is 0 Å². The zero-order valence-electron chi connectivity index (χ0n) is 18.9. The molecule has 2 heterocycles. The van der Waals surface area contributed by atoms with Gasteiger partial charge >= 0.3 is 6.09 Å². The van der Waals surface area contributed by atoms with Crippen LogP contribution in [0.15, 0.2) is 54.7 Å². The highest BCUT2D eigenvalue weighted by Gasteiger charge is 2.25. The Hall–Kier alpha value is -2.79. The summed E-state index contributed by atoms with van der Waals surface area (Å²) in [6.07, 6.45) is 3.37. The highest BCUT2D eigenvalue weighted by Crippen LogP contribution is 2.30. The van der Waals surface area contributed by atoms with Crippen molar-refractivity contribution in [1.82, 2.24) is 9.88 Å². The van der Waals surface area contributed by atoms with Gasteiger partial charge in [-0.3, -0.25) is 4.98 Å². The number of rotatable bonds is 5. The summed E-state index contributed by atoms with van der Waals surface area (Å²) in [5.74, 6) is 1.21. The molecule has 0 aliphatic carbocycles. The summed E-state index contributed by atoms with van der Waals surface area (Å²) in [7, 11) is 0. The maximum absolute atomic E-state index is 12.1. The molecule has 1 aliphatic rings. The molecule has 1 aliphatic heterocycles. The van der Waals surface area contributed by atoms with Crippen LogP contribution in [0, 0.1) is 12.8 Å². The summed E-state index contributed by atoms with van der Waals surface area (Å²) >= 11 is 0. The second-order valence-corrected chi connectivity index (χ2v) is 8.61. The number of benzene rings is 2. The largest absolute Gasteiger partial charge is 0.490 e. The molecule has 2 aromatic carbocycles. The molecular formula is C26H31ClN2O3. The summed E-state index contributed by atoms with van der Waals surface area (Å²) in [4.78, 5) is 18.4. The molecule has 0 unspecified atom stereocenters. The first-order valence-electron chi connectivity index (χ1n) is 11.0. The van der Waals surface area contributed by atoms with Crippen molar-refractivity contribution in [3.63, 3.8) is 0 Å². The van der Waals surface area contributed by atoms with Gasteiger partial charge < -0.3 is 14.4 Å². The monoisotopic (exact) mass is 454 g/mol. The average Bonchev–Trinajstić information content (AvgIpc) is 2.79. The Bertz CT molecular complexity index is 1040. The van der Waals surface area contributed by atoms with Gasteiger partial charge in [0.15, 0.2) is 0 Å². The topological polar surface area (TPSA) is 51.7 Å². The van der Waals surface area contributed by atoms with Crippen LogP contribution in [0.5, 0.6) is 5.75 Å². The first-order chi connectivity index (χ1) is 15.0. The smallest absolute Gasteiger partial charge is 0.409 e. The lowest BCUT2D eigenvalue weighted by atomic mass is 9.98. The molecule has 6 heteroatoms. The van der Waals surface area contributed by atoms with Crippen molar-refractivity contribution < 1.29 is 14.3 Å². The van der Waals surface area contributed by atoms with E-state index in [1.807, 2.05) is 38.2 Å². The van der Waals surface area contributed by atoms with Gasteiger partial charge in [-0.2, -0.15) is 0 Å². The van der Waals surface area contributed by atoms with Gasteiger partial charge in [-0.15, -0.1) is 12.4 Å². The Labute approximate surface area is 196 Å². The van der Waals surface area contributed by atoms with Gasteiger partial charge in [0.1, 0.15) is 11.9 Å². The summed E-state index contributed by atoms with van der Waals surface area (Å²) in [5, 5.41) is 1.16. The maximum atomic E-state index is 12.1. The molecule has 1 amide bonds. The van der Waals surface area contributed by atoms with Gasteiger partial charge in [0.05, 0.1) is 12.1 Å². The number of carbonyl (C=O) groups excluding carboxylic acids is 1. The molecule has 5 nitrogen and oxygen atoms in total. The number of piperidine rings is 1. The average molecular weight is 455 g/mol. The Kier molecular flexibility index (Phi) is 7.97. The van der Waals surface area contributed by atoms with Gasteiger partial charge in [-0.05, 0) is 47.7 Å². The summed E-state index contributed by atoms with van der Waals surface area (Å²) in [6, 6.07) is 16.6. The number of halogens is 1. The minimum Gasteiger partial charge on any atom is -0.490 e. The highest BCUT2D eigenvalue weighted by molar-refractivity contribution is 5.88. The number of ether oxygens (including phenoxy) is 2. The fraction of sp³-hybridized carbons (Fsp3) is 0.385. The fourth-order valence-corrected chi connectivity index (χ4v) is 3.99. The van der Waals surface area contributed by atoms with Crippen LogP contribution in [0.2, 0.25) is 0 Å². The zero-order valence-corrected chi connectivity index (χ0v) is 19.7. The van der Waals surface area contributed by atoms with Crippen molar-refractivity contribution in [1.29, 1.82) is 0 Å². The van der Waals surface area contributed by atoms with Crippen molar-refractivity contribution in [3.8, 4) is 16.9 Å². The van der Waals surface area contributed by atoms with Crippen LogP contribution in [0.3, 0.4) is 0 Å². The Morgan fingerprint density at radius 2 is 1.81 bits per heavy atom. The molecule has 1 saturated heterocycles. The van der Waals surface area contributed by atoms with Crippen molar-refractivity contribution in [2.24, 2.45) is 5.92 Å². The third-order valence-electron chi connectivity index (χ3n) is 5.74. The normalized spacial score (nSPS) is 14.3. The van der Waals surface area contributed by atoms with Crippen LogP contribution in [-0.2, 0) is 4.74 Å². The maximum Gasteiger partial charge on any atom is 0.409 e. The van der Waals surface area contributed by atoms with Crippen molar-refractivity contribution in [3.05, 3.63) is 60.3 Å². The fourth-order valence-electron chi connectivity index (χ4n) is 3.99. The molecule has 0 N–H and O–H groups in total. The Morgan fingerprint density at radius 1 is 1.09 bits per heavy atom. The minimum absolute atomic E-state index is 0. The molecule has 1 aromatic heterocycles. The number of aromatic nitrogens is 1. The van der Waals surface area contributed by atoms with E-state index in [0.717, 1.165) is 35.1 Å². The second kappa shape index (κ2) is 10.7. The lowest BCUT2D eigenvalue weighted by molar-refractivity contribution is 0.0618. The third-order valence-corrected chi connectivity index (χ3v) is 5.74. The third kappa shape index (κ3) is 5.52. The molecule has 0 bridgehead atoms. The highest BCUT2D eigenvalue weighted by atomic mass is 35.5. The van der Waals surface area contributed by atoms with E-state index in [1.165, 1.54) is 11.1 Å². The van der Waals surface area contributed by atoms with E-state index in [2.05, 4.69) is 42.2 Å². The molecule has 0 atom stereocenters. The van der Waals surface area contributed by atoms with Crippen LogP contribution >= 0.6 is 12.4 Å². The molecule has 0 saturated carbocycles. The number of likely N-dealkylation sites (tertiary alicyclic amines) is 1. The van der Waals surface area contributed by atoms with Crippen LogP contribution < -0.4 is 4.74 Å². The van der Waals surface area contributed by atoms with E-state index >= 15 is 0 Å². The van der Waals surface area contributed by atoms with Crippen molar-refractivity contribution >= 4 is 29.4 Å². The lowest BCUT2D eigenvalue weighted by Gasteiger charge is -2.31. The van der Waals surface area contributed by atoms with Crippen LogP contribution in [-0.4, -0.2) is 41.8 Å². The van der Waals surface area contributed by atoms with Gasteiger partial charge in [0.2, 0.25) is 0 Å². The Balaban J connectivity index is 0.00000289. The van der Waals surface area contributed by atoms with Crippen LogP contribution in [0.1, 0.15) is 32.3 Å². The van der Waals surface area contributed by atoms with Gasteiger partial charge in [-0.1, -0.05) is 44.2 Å². The number of fused-ring (bicyclic) bond motifs is 1. The number of amides is 1. The molecule has 0 spiro atoms. The first kappa shape index (κ1) is 23.9. The van der Waals surface area contributed by atoms with E-state index in [4.69, 9.17) is 9.47 Å². The first-order valence-corrected chi connectivity index (χ1v) is 11.0. The molecule has 32 heavy (non-hydrogen) atoms. The summed E-state index contributed by atoms with van der Waals surface area (Å²) in [6.45, 7) is 8.00. The van der Waals surface area contributed by atoms with Gasteiger partial charge in [0, 0.05) is 37.5 Å². The number of pyridine rings is 1. The number of nitrogens with zero attached hydrogens (tertiary/aromatic N) is 2. The Morgan fingerprint density at radius 3 is 2.50 bits per heavy atom. The molecule has 4 rings (SSSR count). The number of hydrogen-bond donors (Lipinski definition) is 0. The van der Waals surface area contributed by atoms with E-state index in [9.17, 15) is 4.79 Å². The molecular weight excluding hydrogens is 424 g/mol. The number of hydrogen-bond acceptors (Lipinski definition) is 4. The SMILES string of the molecule is Cc1c(-c2ccc(OC3CCN(C(=O)OCC(C)C)CC3)cc2)ccc2cccnc12.Cl.